The Morgan fingerprint density at radius 3 is 2.74 bits per heavy atom. The number of aliphatic carboxylic acids is 1. The molecule has 2 N–H and O–H groups in total. The van der Waals surface area contributed by atoms with Crippen molar-refractivity contribution in [2.45, 2.75) is 26.3 Å². The van der Waals surface area contributed by atoms with E-state index in [1.807, 2.05) is 13.8 Å². The number of carbonyl (C=O) groups excluding carboxylic acids is 1. The zero-order chi connectivity index (χ0) is 14.3. The maximum absolute atomic E-state index is 11.6. The standard InChI is InChI=1S/C14H18N2O3/c1-10(2)8-12(14(18)19)16-13(17)6-5-11-4-3-7-15-9-11/h3-7,9-10,12H,8H2,1-2H3,(H,16,17)(H,18,19)/b6-5+/t12-/m0/s1. The van der Waals surface area contributed by atoms with Crippen LogP contribution in [0.1, 0.15) is 25.8 Å². The van der Waals surface area contributed by atoms with Crippen LogP contribution in [0, 0.1) is 5.92 Å². The van der Waals surface area contributed by atoms with Crippen LogP contribution in [-0.4, -0.2) is 28.0 Å². The van der Waals surface area contributed by atoms with Gasteiger partial charge in [0.1, 0.15) is 6.04 Å². The van der Waals surface area contributed by atoms with Gasteiger partial charge in [-0.2, -0.15) is 0 Å². The minimum atomic E-state index is -1.02. The van der Waals surface area contributed by atoms with E-state index in [1.54, 1.807) is 30.6 Å². The molecule has 1 aromatic rings. The lowest BCUT2D eigenvalue weighted by Gasteiger charge is -2.15. The number of carboxylic acids is 1. The van der Waals surface area contributed by atoms with Crippen molar-refractivity contribution in [1.29, 1.82) is 0 Å². The molecule has 102 valence electrons. The Labute approximate surface area is 112 Å². The topological polar surface area (TPSA) is 79.3 Å². The van der Waals surface area contributed by atoms with Crippen LogP contribution in [0.2, 0.25) is 0 Å². The molecule has 5 nitrogen and oxygen atoms in total. The first-order valence-corrected chi connectivity index (χ1v) is 6.10. The number of nitrogens with zero attached hydrogens (tertiary/aromatic N) is 1. The molecule has 0 bridgehead atoms. The first-order valence-electron chi connectivity index (χ1n) is 6.10. The van der Waals surface area contributed by atoms with Gasteiger partial charge in [0.15, 0.2) is 0 Å². The SMILES string of the molecule is CC(C)C[C@H](NC(=O)/C=C/c1cccnc1)C(=O)O. The number of hydrogen-bond acceptors (Lipinski definition) is 3. The molecule has 0 aliphatic carbocycles. The Morgan fingerprint density at radius 2 is 2.21 bits per heavy atom. The normalized spacial score (nSPS) is 12.6. The van der Waals surface area contributed by atoms with Crippen molar-refractivity contribution in [1.82, 2.24) is 10.3 Å². The predicted octanol–water partition coefficient (Wildman–Crippen LogP) is 1.71. The van der Waals surface area contributed by atoms with Gasteiger partial charge in [0, 0.05) is 18.5 Å². The molecule has 19 heavy (non-hydrogen) atoms. The molecule has 0 aromatic carbocycles. The third kappa shape index (κ3) is 5.81. The highest BCUT2D eigenvalue weighted by atomic mass is 16.4. The predicted molar refractivity (Wildman–Crippen MR) is 72.3 cm³/mol. The van der Waals surface area contributed by atoms with Crippen molar-refractivity contribution >= 4 is 18.0 Å². The fourth-order valence-electron chi connectivity index (χ4n) is 1.56. The highest BCUT2D eigenvalue weighted by molar-refractivity contribution is 5.94. The van der Waals surface area contributed by atoms with Crippen LogP contribution in [0.5, 0.6) is 0 Å². The fraction of sp³-hybridized carbons (Fsp3) is 0.357. The van der Waals surface area contributed by atoms with Crippen LogP contribution < -0.4 is 5.32 Å². The fourth-order valence-corrected chi connectivity index (χ4v) is 1.56. The zero-order valence-electron chi connectivity index (χ0n) is 11.0. The summed E-state index contributed by atoms with van der Waals surface area (Å²) in [6.45, 7) is 3.82. The van der Waals surface area contributed by atoms with Gasteiger partial charge in [0.25, 0.3) is 0 Å². The molecule has 1 rings (SSSR count). The quantitative estimate of drug-likeness (QED) is 0.765. The van der Waals surface area contributed by atoms with Crippen molar-refractivity contribution in [2.24, 2.45) is 5.92 Å². The monoisotopic (exact) mass is 262 g/mol. The number of carbonyl (C=O) groups is 2. The molecule has 5 heteroatoms. The molecule has 0 saturated carbocycles. The smallest absolute Gasteiger partial charge is 0.326 e. The number of rotatable bonds is 6. The average Bonchev–Trinajstić information content (AvgIpc) is 2.36. The Bertz CT molecular complexity index is 455. The summed E-state index contributed by atoms with van der Waals surface area (Å²) in [7, 11) is 0. The lowest BCUT2D eigenvalue weighted by molar-refractivity contribution is -0.141. The van der Waals surface area contributed by atoms with Gasteiger partial charge in [-0.15, -0.1) is 0 Å². The van der Waals surface area contributed by atoms with E-state index in [0.29, 0.717) is 6.42 Å². The molecule has 1 atom stereocenters. The van der Waals surface area contributed by atoms with E-state index in [2.05, 4.69) is 10.3 Å². The number of pyridine rings is 1. The van der Waals surface area contributed by atoms with Gasteiger partial charge in [-0.25, -0.2) is 4.79 Å². The van der Waals surface area contributed by atoms with Crippen molar-refractivity contribution in [3.8, 4) is 0 Å². The Kier molecular flexibility index (Phi) is 5.73. The third-order valence-corrected chi connectivity index (χ3v) is 2.43. The summed E-state index contributed by atoms with van der Waals surface area (Å²) >= 11 is 0. The molecular formula is C14H18N2O3. The average molecular weight is 262 g/mol. The highest BCUT2D eigenvalue weighted by Crippen LogP contribution is 2.05. The molecule has 1 aromatic heterocycles. The molecular weight excluding hydrogens is 244 g/mol. The van der Waals surface area contributed by atoms with Gasteiger partial charge >= 0.3 is 5.97 Å². The third-order valence-electron chi connectivity index (χ3n) is 2.43. The van der Waals surface area contributed by atoms with Gasteiger partial charge in [-0.05, 0) is 30.0 Å². The first-order chi connectivity index (χ1) is 8.99. The number of hydrogen-bond donors (Lipinski definition) is 2. The van der Waals surface area contributed by atoms with Crippen LogP contribution in [0.15, 0.2) is 30.6 Å². The van der Waals surface area contributed by atoms with E-state index in [-0.39, 0.29) is 5.92 Å². The largest absolute Gasteiger partial charge is 0.480 e. The van der Waals surface area contributed by atoms with E-state index in [4.69, 9.17) is 5.11 Å². The van der Waals surface area contributed by atoms with Crippen molar-refractivity contribution in [3.63, 3.8) is 0 Å². The second-order valence-corrected chi connectivity index (χ2v) is 4.65. The molecule has 0 saturated heterocycles. The first kappa shape index (κ1) is 14.9. The summed E-state index contributed by atoms with van der Waals surface area (Å²) in [4.78, 5) is 26.5. The summed E-state index contributed by atoms with van der Waals surface area (Å²) in [5.74, 6) is -1.24. The molecule has 0 aliphatic rings. The van der Waals surface area contributed by atoms with Gasteiger partial charge in [0.05, 0.1) is 0 Å². The van der Waals surface area contributed by atoms with Crippen molar-refractivity contribution < 1.29 is 14.7 Å². The maximum atomic E-state index is 11.6. The van der Waals surface area contributed by atoms with E-state index in [9.17, 15) is 9.59 Å². The number of amides is 1. The summed E-state index contributed by atoms with van der Waals surface area (Å²) in [6, 6.07) is 2.71. The van der Waals surface area contributed by atoms with Gasteiger partial charge < -0.3 is 10.4 Å². The van der Waals surface area contributed by atoms with Crippen molar-refractivity contribution in [3.05, 3.63) is 36.2 Å². The second-order valence-electron chi connectivity index (χ2n) is 4.65. The molecule has 0 radical (unpaired) electrons. The van der Waals surface area contributed by atoms with Crippen LogP contribution >= 0.6 is 0 Å². The minimum absolute atomic E-state index is 0.198. The van der Waals surface area contributed by atoms with Crippen LogP contribution in [0.25, 0.3) is 6.08 Å². The van der Waals surface area contributed by atoms with E-state index in [0.717, 1.165) is 5.56 Å². The number of nitrogens with one attached hydrogen (secondary N) is 1. The van der Waals surface area contributed by atoms with Gasteiger partial charge in [0.2, 0.25) is 5.91 Å². The number of aromatic nitrogens is 1. The molecule has 0 spiro atoms. The van der Waals surface area contributed by atoms with E-state index in [1.165, 1.54) is 6.08 Å². The summed E-state index contributed by atoms with van der Waals surface area (Å²) in [5, 5.41) is 11.5. The molecule has 0 fully saturated rings. The minimum Gasteiger partial charge on any atom is -0.480 e. The second kappa shape index (κ2) is 7.31. The van der Waals surface area contributed by atoms with Gasteiger partial charge in [-0.3, -0.25) is 9.78 Å². The maximum Gasteiger partial charge on any atom is 0.326 e. The molecule has 0 unspecified atom stereocenters. The Hall–Kier alpha value is -2.17. The Morgan fingerprint density at radius 1 is 1.47 bits per heavy atom. The molecule has 1 amide bonds. The van der Waals surface area contributed by atoms with Gasteiger partial charge in [-0.1, -0.05) is 19.9 Å². The zero-order valence-corrected chi connectivity index (χ0v) is 11.0. The van der Waals surface area contributed by atoms with Crippen molar-refractivity contribution in [2.75, 3.05) is 0 Å². The highest BCUT2D eigenvalue weighted by Gasteiger charge is 2.19. The lowest BCUT2D eigenvalue weighted by Crippen LogP contribution is -2.40. The number of carboxylic acid groups (broad SMARTS) is 1. The lowest BCUT2D eigenvalue weighted by atomic mass is 10.0. The van der Waals surface area contributed by atoms with Crippen LogP contribution in [0.4, 0.5) is 0 Å². The van der Waals surface area contributed by atoms with Crippen LogP contribution in [0.3, 0.4) is 0 Å². The van der Waals surface area contributed by atoms with E-state index >= 15 is 0 Å². The summed E-state index contributed by atoms with van der Waals surface area (Å²) < 4.78 is 0. The molecule has 0 aliphatic heterocycles. The molecule has 1 heterocycles. The Balaban J connectivity index is 2.58. The van der Waals surface area contributed by atoms with Crippen LogP contribution in [-0.2, 0) is 9.59 Å². The van der Waals surface area contributed by atoms with E-state index < -0.39 is 17.9 Å². The summed E-state index contributed by atoms with van der Waals surface area (Å²) in [6.07, 6.45) is 6.57. The summed E-state index contributed by atoms with van der Waals surface area (Å²) in [5.41, 5.74) is 0.786.